The lowest BCUT2D eigenvalue weighted by atomic mass is 9.94. The van der Waals surface area contributed by atoms with Gasteiger partial charge in [0.25, 0.3) is 0 Å². The Morgan fingerprint density at radius 3 is 1.73 bits per heavy atom. The molecular formula is C39H25N3O2. The number of rotatable bonds is 5. The maximum Gasteiger partial charge on any atom is 0.164 e. The Kier molecular flexibility index (Phi) is 6.20. The van der Waals surface area contributed by atoms with E-state index in [1.807, 2.05) is 103 Å². The van der Waals surface area contributed by atoms with Crippen LogP contribution < -0.4 is 0 Å². The highest BCUT2D eigenvalue weighted by molar-refractivity contribution is 6.06. The molecular weight excluding hydrogens is 542 g/mol. The fourth-order valence-electron chi connectivity index (χ4n) is 5.72. The maximum absolute atomic E-state index is 11.3. The molecule has 0 aliphatic rings. The van der Waals surface area contributed by atoms with Crippen LogP contribution in [-0.4, -0.2) is 20.1 Å². The van der Waals surface area contributed by atoms with Crippen molar-refractivity contribution in [2.75, 3.05) is 0 Å². The number of hydrogen-bond acceptors (Lipinski definition) is 5. The van der Waals surface area contributed by atoms with E-state index >= 15 is 0 Å². The summed E-state index contributed by atoms with van der Waals surface area (Å²) in [5, 5.41) is 13.5. The summed E-state index contributed by atoms with van der Waals surface area (Å²) >= 11 is 0. The molecule has 1 N–H and O–H groups in total. The van der Waals surface area contributed by atoms with E-state index in [0.717, 1.165) is 49.8 Å². The van der Waals surface area contributed by atoms with Gasteiger partial charge in [0.05, 0.1) is 0 Å². The topological polar surface area (TPSA) is 72.0 Å². The van der Waals surface area contributed by atoms with Crippen molar-refractivity contribution in [1.82, 2.24) is 15.0 Å². The second-order valence-corrected chi connectivity index (χ2v) is 10.6. The molecule has 6 aromatic carbocycles. The molecule has 44 heavy (non-hydrogen) atoms. The Balaban J connectivity index is 1.27. The summed E-state index contributed by atoms with van der Waals surface area (Å²) in [4.78, 5) is 14.7. The van der Waals surface area contributed by atoms with Gasteiger partial charge in [0.2, 0.25) is 0 Å². The van der Waals surface area contributed by atoms with Gasteiger partial charge in [-0.25, -0.2) is 15.0 Å². The van der Waals surface area contributed by atoms with Gasteiger partial charge in [-0.1, -0.05) is 115 Å². The van der Waals surface area contributed by atoms with Gasteiger partial charge < -0.3 is 9.52 Å². The molecule has 0 amide bonds. The molecule has 5 nitrogen and oxygen atoms in total. The summed E-state index contributed by atoms with van der Waals surface area (Å²) in [6, 6.07) is 47.7. The van der Waals surface area contributed by atoms with E-state index in [4.69, 9.17) is 19.4 Å². The average Bonchev–Trinajstić information content (AvgIpc) is 3.47. The Morgan fingerprint density at radius 1 is 0.409 bits per heavy atom. The Hall–Kier alpha value is -6.07. The third kappa shape index (κ3) is 4.57. The van der Waals surface area contributed by atoms with Crippen LogP contribution in [0.4, 0.5) is 0 Å². The van der Waals surface area contributed by atoms with E-state index in [0.29, 0.717) is 28.6 Å². The van der Waals surface area contributed by atoms with Gasteiger partial charge in [-0.3, -0.25) is 0 Å². The van der Waals surface area contributed by atoms with Crippen molar-refractivity contribution in [1.29, 1.82) is 0 Å². The molecule has 8 rings (SSSR count). The molecule has 208 valence electrons. The largest absolute Gasteiger partial charge is 0.507 e. The van der Waals surface area contributed by atoms with Crippen molar-refractivity contribution >= 4 is 21.9 Å². The number of phenolic OH excluding ortho intramolecular Hbond substituents is 1. The average molecular weight is 568 g/mol. The molecule has 0 radical (unpaired) electrons. The summed E-state index contributed by atoms with van der Waals surface area (Å²) < 4.78 is 6.16. The highest BCUT2D eigenvalue weighted by Crippen LogP contribution is 2.40. The summed E-state index contributed by atoms with van der Waals surface area (Å²) in [6.45, 7) is 0. The number of hydrogen-bond donors (Lipinski definition) is 1. The maximum atomic E-state index is 11.3. The van der Waals surface area contributed by atoms with Crippen LogP contribution in [0.25, 0.3) is 78.4 Å². The number of furan rings is 1. The Labute approximate surface area is 253 Å². The fourth-order valence-corrected chi connectivity index (χ4v) is 5.72. The van der Waals surface area contributed by atoms with Crippen molar-refractivity contribution < 1.29 is 9.52 Å². The van der Waals surface area contributed by atoms with E-state index < -0.39 is 0 Å². The number of benzene rings is 6. The van der Waals surface area contributed by atoms with Crippen LogP contribution in [0.1, 0.15) is 0 Å². The molecule has 0 saturated carbocycles. The fraction of sp³-hybridized carbons (Fsp3) is 0. The summed E-state index contributed by atoms with van der Waals surface area (Å²) in [7, 11) is 0. The first-order valence-electron chi connectivity index (χ1n) is 14.4. The molecule has 0 fully saturated rings. The molecule has 0 atom stereocenters. The predicted octanol–water partition coefficient (Wildman–Crippen LogP) is 9.81. The van der Waals surface area contributed by atoms with E-state index in [1.54, 1.807) is 6.07 Å². The number of nitrogens with zero attached hydrogens (tertiary/aromatic N) is 3. The van der Waals surface area contributed by atoms with Gasteiger partial charge in [-0.2, -0.15) is 0 Å². The zero-order valence-corrected chi connectivity index (χ0v) is 23.6. The molecule has 0 aliphatic heterocycles. The first-order valence-corrected chi connectivity index (χ1v) is 14.4. The summed E-state index contributed by atoms with van der Waals surface area (Å²) in [5.41, 5.74) is 7.73. The van der Waals surface area contributed by atoms with Crippen molar-refractivity contribution in [2.24, 2.45) is 0 Å². The third-order valence-corrected chi connectivity index (χ3v) is 7.85. The number of para-hydroxylation sites is 1. The van der Waals surface area contributed by atoms with E-state index in [-0.39, 0.29) is 5.75 Å². The lowest BCUT2D eigenvalue weighted by molar-refractivity contribution is 0.477. The summed E-state index contributed by atoms with van der Waals surface area (Å²) in [6.07, 6.45) is 0. The molecule has 0 aliphatic carbocycles. The van der Waals surface area contributed by atoms with Crippen LogP contribution in [0.5, 0.6) is 5.75 Å². The smallest absolute Gasteiger partial charge is 0.164 e. The predicted molar refractivity (Wildman–Crippen MR) is 176 cm³/mol. The van der Waals surface area contributed by atoms with Gasteiger partial charge in [-0.15, -0.1) is 0 Å². The third-order valence-electron chi connectivity index (χ3n) is 7.85. The van der Waals surface area contributed by atoms with E-state index in [9.17, 15) is 5.11 Å². The zero-order chi connectivity index (χ0) is 29.5. The first kappa shape index (κ1) is 25.6. The Morgan fingerprint density at radius 2 is 0.977 bits per heavy atom. The van der Waals surface area contributed by atoms with Crippen molar-refractivity contribution in [3.05, 3.63) is 146 Å². The number of phenols is 1. The van der Waals surface area contributed by atoms with E-state index in [1.165, 1.54) is 0 Å². The monoisotopic (exact) mass is 567 g/mol. The van der Waals surface area contributed by atoms with Crippen molar-refractivity contribution in [3.8, 4) is 62.2 Å². The highest BCUT2D eigenvalue weighted by Gasteiger charge is 2.18. The van der Waals surface area contributed by atoms with E-state index in [2.05, 4.69) is 36.4 Å². The Bertz CT molecular complexity index is 2240. The molecule has 5 heteroatoms. The molecule has 0 unspecified atom stereocenters. The zero-order valence-electron chi connectivity index (χ0n) is 23.6. The quantitative estimate of drug-likeness (QED) is 0.224. The van der Waals surface area contributed by atoms with Gasteiger partial charge in [0, 0.05) is 33.0 Å². The number of aromatic hydroxyl groups is 1. The van der Waals surface area contributed by atoms with Gasteiger partial charge >= 0.3 is 0 Å². The minimum absolute atomic E-state index is 0.148. The van der Waals surface area contributed by atoms with Crippen LogP contribution >= 0.6 is 0 Å². The first-order chi connectivity index (χ1) is 21.7. The number of aromatic nitrogens is 3. The van der Waals surface area contributed by atoms with Crippen molar-refractivity contribution in [2.45, 2.75) is 0 Å². The van der Waals surface area contributed by atoms with Crippen LogP contribution in [0.2, 0.25) is 0 Å². The molecule has 0 bridgehead atoms. The molecule has 8 aromatic rings. The van der Waals surface area contributed by atoms with Gasteiger partial charge in [0.1, 0.15) is 16.9 Å². The molecule has 0 saturated heterocycles. The van der Waals surface area contributed by atoms with Crippen LogP contribution in [0.3, 0.4) is 0 Å². The second kappa shape index (κ2) is 10.6. The van der Waals surface area contributed by atoms with Crippen LogP contribution in [0, 0.1) is 0 Å². The lowest BCUT2D eigenvalue weighted by Crippen LogP contribution is -2.01. The summed E-state index contributed by atoms with van der Waals surface area (Å²) in [5.74, 6) is 1.77. The van der Waals surface area contributed by atoms with Gasteiger partial charge in [0.15, 0.2) is 17.5 Å². The van der Waals surface area contributed by atoms with Crippen LogP contribution in [-0.2, 0) is 0 Å². The van der Waals surface area contributed by atoms with Crippen molar-refractivity contribution in [3.63, 3.8) is 0 Å². The standard InChI is InChI=1S/C39H25N3O2/c43-33-19-10-18-32(39-41-37(25-11-3-1-4-12-25)40-38(42-39)26-13-5-2-6-14-26)36(33)29-16-9-15-27(23-29)28-21-22-31-30-17-7-8-20-34(30)44-35(31)24-28/h1-24,43H. The van der Waals surface area contributed by atoms with Gasteiger partial charge in [-0.05, 0) is 47.0 Å². The SMILES string of the molecule is Oc1cccc(-c2nc(-c3ccccc3)nc(-c3ccccc3)n2)c1-c1cccc(-c2ccc3c(c2)oc2ccccc23)c1. The second-order valence-electron chi connectivity index (χ2n) is 10.6. The minimum atomic E-state index is 0.148. The lowest BCUT2D eigenvalue weighted by Gasteiger charge is -2.14. The molecule has 2 aromatic heterocycles. The minimum Gasteiger partial charge on any atom is -0.507 e. The number of fused-ring (bicyclic) bond motifs is 3. The highest BCUT2D eigenvalue weighted by atomic mass is 16.3. The molecule has 2 heterocycles. The molecule has 0 spiro atoms. The van der Waals surface area contributed by atoms with Crippen LogP contribution in [0.15, 0.2) is 150 Å². The normalized spacial score (nSPS) is 11.3.